The Labute approximate surface area is 146 Å². The molecule has 1 aliphatic rings. The van der Waals surface area contributed by atoms with E-state index in [1.54, 1.807) is 6.26 Å². The quantitative estimate of drug-likeness (QED) is 0.415. The van der Waals surface area contributed by atoms with Crippen LogP contribution in [-0.2, 0) is 6.42 Å². The lowest BCUT2D eigenvalue weighted by Crippen LogP contribution is -2.40. The summed E-state index contributed by atoms with van der Waals surface area (Å²) in [7, 11) is 0. The summed E-state index contributed by atoms with van der Waals surface area (Å²) in [6, 6.07) is 4.49. The summed E-state index contributed by atoms with van der Waals surface area (Å²) in [4.78, 5) is 7.38. The van der Waals surface area contributed by atoms with Gasteiger partial charge in [0.2, 0.25) is 0 Å². The summed E-state index contributed by atoms with van der Waals surface area (Å²) in [5.41, 5.74) is 0. The molecule has 1 atom stereocenters. The van der Waals surface area contributed by atoms with Gasteiger partial charge in [0.1, 0.15) is 5.76 Å². The Hall–Kier alpha value is -1.75. The van der Waals surface area contributed by atoms with Gasteiger partial charge >= 0.3 is 0 Å². The van der Waals surface area contributed by atoms with Crippen LogP contribution < -0.4 is 10.6 Å². The number of guanidine groups is 1. The van der Waals surface area contributed by atoms with Crippen LogP contribution in [0.25, 0.3) is 0 Å². The fourth-order valence-electron chi connectivity index (χ4n) is 3.11. The standard InChI is InChI=1S/C19H32N4O/c1-4-10-20-19(21-11-9-18-8-6-13-24-18)22-14-17-7-5-12-23(17)15-16(2)3/h4,6,8,13,16-17H,1,5,7,9-12,14-15H2,2-3H3,(H2,20,21,22)/t17-/m1/s1. The van der Waals surface area contributed by atoms with Crippen molar-refractivity contribution >= 4 is 5.96 Å². The molecule has 0 spiro atoms. The SMILES string of the molecule is C=CCNC(=NC[C@H]1CCCN1CC(C)C)NCCc1ccco1. The van der Waals surface area contributed by atoms with E-state index in [-0.39, 0.29) is 0 Å². The molecule has 1 saturated heterocycles. The van der Waals surface area contributed by atoms with Crippen molar-refractivity contribution in [3.05, 3.63) is 36.8 Å². The lowest BCUT2D eigenvalue weighted by molar-refractivity contribution is 0.231. The number of nitrogens with one attached hydrogen (secondary N) is 2. The highest BCUT2D eigenvalue weighted by molar-refractivity contribution is 5.79. The smallest absolute Gasteiger partial charge is 0.191 e. The normalized spacial score (nSPS) is 19.0. The van der Waals surface area contributed by atoms with Crippen molar-refractivity contribution in [2.75, 3.05) is 32.7 Å². The van der Waals surface area contributed by atoms with Crippen molar-refractivity contribution in [2.24, 2.45) is 10.9 Å². The zero-order chi connectivity index (χ0) is 17.2. The average Bonchev–Trinajstić information content (AvgIpc) is 3.21. The molecule has 0 bridgehead atoms. The van der Waals surface area contributed by atoms with Gasteiger partial charge < -0.3 is 15.1 Å². The second-order valence-electron chi connectivity index (χ2n) is 6.80. The molecule has 2 N–H and O–H groups in total. The minimum Gasteiger partial charge on any atom is -0.469 e. The molecule has 5 heteroatoms. The van der Waals surface area contributed by atoms with Gasteiger partial charge in [-0.2, -0.15) is 0 Å². The van der Waals surface area contributed by atoms with Crippen LogP contribution >= 0.6 is 0 Å². The second kappa shape index (κ2) is 10.2. The predicted octanol–water partition coefficient (Wildman–Crippen LogP) is 2.66. The van der Waals surface area contributed by atoms with Crippen LogP contribution in [0.1, 0.15) is 32.4 Å². The van der Waals surface area contributed by atoms with Gasteiger partial charge in [-0.15, -0.1) is 6.58 Å². The Kier molecular flexibility index (Phi) is 7.89. The molecule has 5 nitrogen and oxygen atoms in total. The lowest BCUT2D eigenvalue weighted by atomic mass is 10.2. The van der Waals surface area contributed by atoms with Gasteiger partial charge in [-0.3, -0.25) is 9.89 Å². The molecule has 0 unspecified atom stereocenters. The molecule has 24 heavy (non-hydrogen) atoms. The fourth-order valence-corrected chi connectivity index (χ4v) is 3.11. The Bertz CT molecular complexity index is 495. The number of hydrogen-bond acceptors (Lipinski definition) is 3. The summed E-state index contributed by atoms with van der Waals surface area (Å²) in [5, 5.41) is 6.69. The summed E-state index contributed by atoms with van der Waals surface area (Å²) in [6.07, 6.45) is 6.95. The van der Waals surface area contributed by atoms with E-state index < -0.39 is 0 Å². The molecular weight excluding hydrogens is 300 g/mol. The van der Waals surface area contributed by atoms with Crippen LogP contribution in [-0.4, -0.2) is 49.6 Å². The van der Waals surface area contributed by atoms with E-state index in [9.17, 15) is 0 Å². The van der Waals surface area contributed by atoms with Crippen LogP contribution in [0.4, 0.5) is 0 Å². The van der Waals surface area contributed by atoms with Crippen molar-refractivity contribution in [3.8, 4) is 0 Å². The van der Waals surface area contributed by atoms with Crippen LogP contribution in [0.15, 0.2) is 40.5 Å². The maximum Gasteiger partial charge on any atom is 0.191 e. The van der Waals surface area contributed by atoms with Gasteiger partial charge in [-0.25, -0.2) is 0 Å². The van der Waals surface area contributed by atoms with Crippen molar-refractivity contribution in [1.82, 2.24) is 15.5 Å². The third-order valence-corrected chi connectivity index (χ3v) is 4.22. The van der Waals surface area contributed by atoms with E-state index in [4.69, 9.17) is 9.41 Å². The molecule has 0 saturated carbocycles. The van der Waals surface area contributed by atoms with Gasteiger partial charge in [-0.05, 0) is 37.4 Å². The van der Waals surface area contributed by atoms with Crippen LogP contribution in [0, 0.1) is 5.92 Å². The first-order valence-corrected chi connectivity index (χ1v) is 9.08. The molecule has 0 radical (unpaired) electrons. The third kappa shape index (κ3) is 6.40. The molecule has 2 rings (SSSR count). The molecule has 2 heterocycles. The van der Waals surface area contributed by atoms with Crippen molar-refractivity contribution in [1.29, 1.82) is 0 Å². The van der Waals surface area contributed by atoms with Crippen molar-refractivity contribution in [2.45, 2.75) is 39.2 Å². The molecule has 0 amide bonds. The van der Waals surface area contributed by atoms with Crippen molar-refractivity contribution in [3.63, 3.8) is 0 Å². The molecular formula is C19H32N4O. The lowest BCUT2D eigenvalue weighted by Gasteiger charge is -2.25. The van der Waals surface area contributed by atoms with Gasteiger partial charge in [-0.1, -0.05) is 19.9 Å². The molecule has 1 fully saturated rings. The number of likely N-dealkylation sites (tertiary alicyclic amines) is 1. The molecule has 0 aromatic carbocycles. The van der Waals surface area contributed by atoms with E-state index >= 15 is 0 Å². The zero-order valence-electron chi connectivity index (χ0n) is 15.1. The second-order valence-corrected chi connectivity index (χ2v) is 6.80. The Morgan fingerprint density at radius 1 is 1.50 bits per heavy atom. The average molecular weight is 332 g/mol. The highest BCUT2D eigenvalue weighted by Crippen LogP contribution is 2.18. The highest BCUT2D eigenvalue weighted by atomic mass is 16.3. The van der Waals surface area contributed by atoms with Crippen LogP contribution in [0.5, 0.6) is 0 Å². The summed E-state index contributed by atoms with van der Waals surface area (Å²) < 4.78 is 5.37. The maximum atomic E-state index is 5.37. The van der Waals surface area contributed by atoms with Gasteiger partial charge in [0.15, 0.2) is 5.96 Å². The summed E-state index contributed by atoms with van der Waals surface area (Å²) in [5.74, 6) is 2.56. The number of hydrogen-bond donors (Lipinski definition) is 2. The topological polar surface area (TPSA) is 52.8 Å². The number of aliphatic imine (C=N–C) groups is 1. The van der Waals surface area contributed by atoms with E-state index in [0.29, 0.717) is 18.5 Å². The van der Waals surface area contributed by atoms with Crippen molar-refractivity contribution < 1.29 is 4.42 Å². The predicted molar refractivity (Wildman–Crippen MR) is 100 cm³/mol. The van der Waals surface area contributed by atoms with Gasteiger partial charge in [0, 0.05) is 32.1 Å². The first-order chi connectivity index (χ1) is 11.7. The highest BCUT2D eigenvalue weighted by Gasteiger charge is 2.24. The summed E-state index contributed by atoms with van der Waals surface area (Å²) in [6.45, 7) is 13.1. The summed E-state index contributed by atoms with van der Waals surface area (Å²) >= 11 is 0. The first-order valence-electron chi connectivity index (χ1n) is 9.08. The minimum absolute atomic E-state index is 0.569. The molecule has 0 aliphatic carbocycles. The number of nitrogens with zero attached hydrogens (tertiary/aromatic N) is 2. The zero-order valence-corrected chi connectivity index (χ0v) is 15.1. The third-order valence-electron chi connectivity index (χ3n) is 4.22. The Balaban J connectivity index is 1.83. The Morgan fingerprint density at radius 3 is 3.08 bits per heavy atom. The minimum atomic E-state index is 0.569. The van der Waals surface area contributed by atoms with E-state index in [1.165, 1.54) is 25.9 Å². The molecule has 1 aromatic rings. The maximum absolute atomic E-state index is 5.37. The van der Waals surface area contributed by atoms with Crippen LogP contribution in [0.2, 0.25) is 0 Å². The van der Waals surface area contributed by atoms with E-state index in [2.05, 4.69) is 36.0 Å². The molecule has 134 valence electrons. The largest absolute Gasteiger partial charge is 0.469 e. The van der Waals surface area contributed by atoms with E-state index in [1.807, 2.05) is 18.2 Å². The van der Waals surface area contributed by atoms with Gasteiger partial charge in [0.25, 0.3) is 0 Å². The number of rotatable bonds is 9. The number of furan rings is 1. The van der Waals surface area contributed by atoms with Crippen LogP contribution in [0.3, 0.4) is 0 Å². The molecule has 1 aliphatic heterocycles. The molecule has 1 aromatic heterocycles. The fraction of sp³-hybridized carbons (Fsp3) is 0.632. The Morgan fingerprint density at radius 2 is 2.38 bits per heavy atom. The van der Waals surface area contributed by atoms with E-state index in [0.717, 1.165) is 31.2 Å². The van der Waals surface area contributed by atoms with Gasteiger partial charge in [0.05, 0.1) is 12.8 Å². The first kappa shape index (κ1) is 18.6. The monoisotopic (exact) mass is 332 g/mol.